The van der Waals surface area contributed by atoms with Crippen LogP contribution < -0.4 is 10.2 Å². The van der Waals surface area contributed by atoms with E-state index in [1.54, 1.807) is 11.9 Å². The van der Waals surface area contributed by atoms with Crippen LogP contribution in [-0.4, -0.2) is 35.8 Å². The van der Waals surface area contributed by atoms with Crippen molar-refractivity contribution in [1.29, 1.82) is 0 Å². The monoisotopic (exact) mass is 285 g/mol. The molecule has 0 saturated heterocycles. The van der Waals surface area contributed by atoms with Gasteiger partial charge in [0.1, 0.15) is 0 Å². The molecular formula is C14H21F2N3O. The Morgan fingerprint density at radius 3 is 2.70 bits per heavy atom. The first-order chi connectivity index (χ1) is 9.54. The Labute approximate surface area is 117 Å². The molecular weight excluding hydrogens is 264 g/mol. The number of anilines is 2. The summed E-state index contributed by atoms with van der Waals surface area (Å²) in [4.78, 5) is 5.65. The van der Waals surface area contributed by atoms with Gasteiger partial charge in [0.15, 0.2) is 23.3 Å². The largest absolute Gasteiger partial charge is 0.391 e. The molecule has 0 aromatic carbocycles. The Morgan fingerprint density at radius 2 is 2.05 bits per heavy atom. The molecule has 1 fully saturated rings. The lowest BCUT2D eigenvalue weighted by molar-refractivity contribution is 0.105. The molecule has 2 unspecified atom stereocenters. The van der Waals surface area contributed by atoms with Gasteiger partial charge in [-0.15, -0.1) is 0 Å². The summed E-state index contributed by atoms with van der Waals surface area (Å²) in [6.45, 7) is 2.32. The summed E-state index contributed by atoms with van der Waals surface area (Å²) in [7, 11) is 1.69. The highest BCUT2D eigenvalue weighted by atomic mass is 19.1. The summed E-state index contributed by atoms with van der Waals surface area (Å²) >= 11 is 0. The molecule has 1 aliphatic rings. The van der Waals surface area contributed by atoms with Crippen LogP contribution in [0.25, 0.3) is 0 Å². The average molecular weight is 285 g/mol. The van der Waals surface area contributed by atoms with Crippen molar-refractivity contribution < 1.29 is 13.9 Å². The van der Waals surface area contributed by atoms with Crippen LogP contribution in [0.3, 0.4) is 0 Å². The summed E-state index contributed by atoms with van der Waals surface area (Å²) in [5.41, 5.74) is 0. The van der Waals surface area contributed by atoms with Gasteiger partial charge in [-0.05, 0) is 19.8 Å². The average Bonchev–Trinajstić information content (AvgIpc) is 2.42. The standard InChI is InChI=1S/C14H21F2N3O/c1-3-17-13-9(15)8-10(16)14(18-13)19(2)11-6-4-5-7-12(11)20/h8,11-12,20H,3-7H2,1-2H3,(H,17,18). The zero-order valence-corrected chi connectivity index (χ0v) is 11.9. The maximum absolute atomic E-state index is 13.9. The second-order valence-electron chi connectivity index (χ2n) is 5.18. The van der Waals surface area contributed by atoms with E-state index in [2.05, 4.69) is 10.3 Å². The first-order valence-electron chi connectivity index (χ1n) is 7.05. The van der Waals surface area contributed by atoms with Crippen molar-refractivity contribution in [2.45, 2.75) is 44.8 Å². The smallest absolute Gasteiger partial charge is 0.168 e. The van der Waals surface area contributed by atoms with E-state index in [1.807, 2.05) is 6.92 Å². The molecule has 0 radical (unpaired) electrons. The van der Waals surface area contributed by atoms with E-state index in [9.17, 15) is 13.9 Å². The first-order valence-corrected chi connectivity index (χ1v) is 7.05. The van der Waals surface area contributed by atoms with Crippen molar-refractivity contribution in [3.05, 3.63) is 17.7 Å². The maximum Gasteiger partial charge on any atom is 0.168 e. The highest BCUT2D eigenvalue weighted by molar-refractivity contribution is 5.49. The van der Waals surface area contributed by atoms with Gasteiger partial charge in [0.25, 0.3) is 0 Å². The molecule has 4 nitrogen and oxygen atoms in total. The van der Waals surface area contributed by atoms with Crippen LogP contribution in [0.2, 0.25) is 0 Å². The highest BCUT2D eigenvalue weighted by Gasteiger charge is 2.29. The van der Waals surface area contributed by atoms with E-state index in [1.165, 1.54) is 0 Å². The number of halogens is 2. The van der Waals surface area contributed by atoms with E-state index in [4.69, 9.17) is 0 Å². The lowest BCUT2D eigenvalue weighted by Gasteiger charge is -2.36. The van der Waals surface area contributed by atoms with Crippen molar-refractivity contribution in [1.82, 2.24) is 4.98 Å². The molecule has 1 aliphatic carbocycles. The van der Waals surface area contributed by atoms with Gasteiger partial charge in [-0.3, -0.25) is 0 Å². The number of likely N-dealkylation sites (N-methyl/N-ethyl adjacent to an activating group) is 1. The van der Waals surface area contributed by atoms with Crippen LogP contribution in [0.4, 0.5) is 20.4 Å². The number of nitrogens with zero attached hydrogens (tertiary/aromatic N) is 2. The molecule has 6 heteroatoms. The number of aromatic nitrogens is 1. The zero-order valence-electron chi connectivity index (χ0n) is 11.9. The summed E-state index contributed by atoms with van der Waals surface area (Å²) in [5, 5.41) is 12.8. The Hall–Kier alpha value is -1.43. The van der Waals surface area contributed by atoms with E-state index in [-0.39, 0.29) is 17.7 Å². The van der Waals surface area contributed by atoms with Crippen LogP contribution in [0.1, 0.15) is 32.6 Å². The van der Waals surface area contributed by atoms with Crippen molar-refractivity contribution in [2.24, 2.45) is 0 Å². The molecule has 2 rings (SSSR count). The first kappa shape index (κ1) is 15.0. The minimum Gasteiger partial charge on any atom is -0.391 e. The number of aliphatic hydroxyl groups excluding tert-OH is 1. The number of pyridine rings is 1. The van der Waals surface area contributed by atoms with Crippen molar-refractivity contribution in [3.63, 3.8) is 0 Å². The van der Waals surface area contributed by atoms with Crippen molar-refractivity contribution in [3.8, 4) is 0 Å². The summed E-state index contributed by atoms with van der Waals surface area (Å²) in [6, 6.07) is 0.664. The van der Waals surface area contributed by atoms with Gasteiger partial charge < -0.3 is 15.3 Å². The number of nitrogens with one attached hydrogen (secondary N) is 1. The SMILES string of the molecule is CCNc1nc(N(C)C2CCCCC2O)c(F)cc1F. The molecule has 1 heterocycles. The molecule has 112 valence electrons. The van der Waals surface area contributed by atoms with Crippen LogP contribution in [0, 0.1) is 11.6 Å². The molecule has 0 bridgehead atoms. The van der Waals surface area contributed by atoms with Crippen molar-refractivity contribution in [2.75, 3.05) is 23.8 Å². The summed E-state index contributed by atoms with van der Waals surface area (Å²) in [6.07, 6.45) is 2.97. The maximum atomic E-state index is 13.9. The Morgan fingerprint density at radius 1 is 1.35 bits per heavy atom. The Bertz CT molecular complexity index is 470. The van der Waals surface area contributed by atoms with Gasteiger partial charge in [-0.25, -0.2) is 13.8 Å². The Balaban J connectivity index is 2.28. The van der Waals surface area contributed by atoms with E-state index in [0.717, 1.165) is 25.3 Å². The zero-order chi connectivity index (χ0) is 14.7. The molecule has 1 aromatic rings. The van der Waals surface area contributed by atoms with Crippen LogP contribution in [-0.2, 0) is 0 Å². The van der Waals surface area contributed by atoms with E-state index in [0.29, 0.717) is 13.0 Å². The molecule has 1 saturated carbocycles. The van der Waals surface area contributed by atoms with Crippen LogP contribution in [0.5, 0.6) is 0 Å². The third-order valence-electron chi connectivity index (χ3n) is 3.78. The summed E-state index contributed by atoms with van der Waals surface area (Å²) in [5.74, 6) is -1.29. The molecule has 0 amide bonds. The van der Waals surface area contributed by atoms with E-state index >= 15 is 0 Å². The minimum atomic E-state index is -0.704. The van der Waals surface area contributed by atoms with Gasteiger partial charge in [0.05, 0.1) is 12.1 Å². The third kappa shape index (κ3) is 3.00. The number of rotatable bonds is 4. The van der Waals surface area contributed by atoms with E-state index < -0.39 is 17.7 Å². The Kier molecular flexibility index (Phi) is 4.75. The van der Waals surface area contributed by atoms with Gasteiger partial charge in [-0.2, -0.15) is 0 Å². The van der Waals surface area contributed by atoms with Gasteiger partial charge >= 0.3 is 0 Å². The fourth-order valence-electron chi connectivity index (χ4n) is 2.70. The molecule has 0 spiro atoms. The van der Waals surface area contributed by atoms with Crippen LogP contribution in [0.15, 0.2) is 6.07 Å². The number of hydrogen-bond donors (Lipinski definition) is 2. The topological polar surface area (TPSA) is 48.4 Å². The quantitative estimate of drug-likeness (QED) is 0.892. The van der Waals surface area contributed by atoms with Gasteiger partial charge in [0, 0.05) is 19.7 Å². The predicted octanol–water partition coefficient (Wildman–Crippen LogP) is 2.53. The lowest BCUT2D eigenvalue weighted by atomic mass is 9.91. The molecule has 2 atom stereocenters. The lowest BCUT2D eigenvalue weighted by Crippen LogP contribution is -2.44. The predicted molar refractivity (Wildman–Crippen MR) is 75.0 cm³/mol. The number of aliphatic hydroxyl groups is 1. The molecule has 2 N–H and O–H groups in total. The highest BCUT2D eigenvalue weighted by Crippen LogP contribution is 2.28. The van der Waals surface area contributed by atoms with Gasteiger partial charge in [0.2, 0.25) is 0 Å². The van der Waals surface area contributed by atoms with Crippen LogP contribution >= 0.6 is 0 Å². The van der Waals surface area contributed by atoms with Crippen molar-refractivity contribution >= 4 is 11.6 Å². The summed E-state index contributed by atoms with van der Waals surface area (Å²) < 4.78 is 27.5. The fourth-order valence-corrected chi connectivity index (χ4v) is 2.70. The molecule has 1 aromatic heterocycles. The third-order valence-corrected chi connectivity index (χ3v) is 3.78. The molecule has 20 heavy (non-hydrogen) atoms. The normalized spacial score (nSPS) is 22.6. The second-order valence-corrected chi connectivity index (χ2v) is 5.18. The second kappa shape index (κ2) is 6.35. The molecule has 0 aliphatic heterocycles. The minimum absolute atomic E-state index is 0.0426. The number of hydrogen-bond acceptors (Lipinski definition) is 4. The fraction of sp³-hybridized carbons (Fsp3) is 0.643. The van der Waals surface area contributed by atoms with Gasteiger partial charge in [-0.1, -0.05) is 12.8 Å².